The maximum absolute atomic E-state index is 12.1. The highest BCUT2D eigenvalue weighted by Gasteiger charge is 2.32. The topological polar surface area (TPSA) is 68.0 Å². The number of hydrogen-bond donors (Lipinski definition) is 2. The molecule has 96 valence electrons. The SMILES string of the molecule is CCC(CC)(CN)C(=O)NCCc1cscn1. The summed E-state index contributed by atoms with van der Waals surface area (Å²) in [6.07, 6.45) is 2.34. The van der Waals surface area contributed by atoms with E-state index in [9.17, 15) is 4.79 Å². The Morgan fingerprint density at radius 2 is 2.24 bits per heavy atom. The van der Waals surface area contributed by atoms with Crippen LogP contribution in [0.3, 0.4) is 0 Å². The van der Waals surface area contributed by atoms with E-state index in [4.69, 9.17) is 5.73 Å². The van der Waals surface area contributed by atoms with Gasteiger partial charge < -0.3 is 11.1 Å². The van der Waals surface area contributed by atoms with E-state index in [1.807, 2.05) is 19.2 Å². The molecule has 1 rings (SSSR count). The van der Waals surface area contributed by atoms with Crippen molar-refractivity contribution >= 4 is 17.2 Å². The van der Waals surface area contributed by atoms with Crippen LogP contribution < -0.4 is 11.1 Å². The van der Waals surface area contributed by atoms with Gasteiger partial charge in [0.15, 0.2) is 0 Å². The molecule has 0 spiro atoms. The van der Waals surface area contributed by atoms with Crippen molar-refractivity contribution in [2.75, 3.05) is 13.1 Å². The Bertz CT molecular complexity index is 325. The van der Waals surface area contributed by atoms with Gasteiger partial charge in [0.1, 0.15) is 0 Å². The Balaban J connectivity index is 2.42. The molecule has 1 aromatic heterocycles. The number of carbonyl (C=O) groups is 1. The molecule has 0 fully saturated rings. The van der Waals surface area contributed by atoms with Crippen molar-refractivity contribution in [3.63, 3.8) is 0 Å². The monoisotopic (exact) mass is 255 g/mol. The van der Waals surface area contributed by atoms with Crippen molar-refractivity contribution in [2.45, 2.75) is 33.1 Å². The third kappa shape index (κ3) is 3.51. The van der Waals surface area contributed by atoms with E-state index in [1.165, 1.54) is 0 Å². The fraction of sp³-hybridized carbons (Fsp3) is 0.667. The summed E-state index contributed by atoms with van der Waals surface area (Å²) in [6, 6.07) is 0. The Morgan fingerprint density at radius 3 is 2.71 bits per heavy atom. The molecule has 0 aromatic carbocycles. The van der Waals surface area contributed by atoms with Crippen LogP contribution in [0.4, 0.5) is 0 Å². The lowest BCUT2D eigenvalue weighted by molar-refractivity contribution is -0.131. The van der Waals surface area contributed by atoms with Gasteiger partial charge in [0.2, 0.25) is 5.91 Å². The van der Waals surface area contributed by atoms with Gasteiger partial charge in [-0.15, -0.1) is 11.3 Å². The molecule has 0 aliphatic carbocycles. The van der Waals surface area contributed by atoms with Gasteiger partial charge in [-0.3, -0.25) is 4.79 Å². The predicted octanol–water partition coefficient (Wildman–Crippen LogP) is 1.57. The zero-order valence-electron chi connectivity index (χ0n) is 10.5. The van der Waals surface area contributed by atoms with Crippen molar-refractivity contribution < 1.29 is 4.79 Å². The summed E-state index contributed by atoms with van der Waals surface area (Å²) in [5, 5.41) is 4.96. The van der Waals surface area contributed by atoms with Crippen LogP contribution in [-0.4, -0.2) is 24.0 Å². The Kier molecular flexibility index (Phi) is 5.58. The van der Waals surface area contributed by atoms with Gasteiger partial charge >= 0.3 is 0 Å². The summed E-state index contributed by atoms with van der Waals surface area (Å²) in [4.78, 5) is 16.3. The minimum Gasteiger partial charge on any atom is -0.355 e. The number of nitrogens with zero attached hydrogens (tertiary/aromatic N) is 1. The Hall–Kier alpha value is -0.940. The van der Waals surface area contributed by atoms with Crippen LogP contribution in [-0.2, 0) is 11.2 Å². The summed E-state index contributed by atoms with van der Waals surface area (Å²) in [7, 11) is 0. The van der Waals surface area contributed by atoms with Crippen LogP contribution in [0.5, 0.6) is 0 Å². The maximum Gasteiger partial charge on any atom is 0.227 e. The first-order valence-electron chi connectivity index (χ1n) is 6.04. The lowest BCUT2D eigenvalue weighted by atomic mass is 9.81. The highest BCUT2D eigenvalue weighted by atomic mass is 32.1. The fourth-order valence-corrected chi connectivity index (χ4v) is 2.40. The second-order valence-electron chi connectivity index (χ2n) is 4.18. The van der Waals surface area contributed by atoms with Crippen molar-refractivity contribution in [3.05, 3.63) is 16.6 Å². The van der Waals surface area contributed by atoms with Gasteiger partial charge in [0.25, 0.3) is 0 Å². The standard InChI is InChI=1S/C12H21N3OS/c1-3-12(4-2,8-13)11(16)14-6-5-10-7-17-9-15-10/h7,9H,3-6,8,13H2,1-2H3,(H,14,16). The second kappa shape index (κ2) is 6.71. The molecule has 1 amide bonds. The zero-order chi connectivity index (χ0) is 12.7. The van der Waals surface area contributed by atoms with Crippen LogP contribution in [0.1, 0.15) is 32.4 Å². The molecule has 5 heteroatoms. The Labute approximate surface area is 107 Å². The number of thiazole rings is 1. The van der Waals surface area contributed by atoms with E-state index in [2.05, 4.69) is 10.3 Å². The molecule has 3 N–H and O–H groups in total. The zero-order valence-corrected chi connectivity index (χ0v) is 11.3. The van der Waals surface area contributed by atoms with Crippen LogP contribution in [0.15, 0.2) is 10.9 Å². The normalized spacial score (nSPS) is 11.5. The van der Waals surface area contributed by atoms with Gasteiger partial charge in [-0.2, -0.15) is 0 Å². The summed E-state index contributed by atoms with van der Waals surface area (Å²) < 4.78 is 0. The molecule has 1 heterocycles. The Morgan fingerprint density at radius 1 is 1.53 bits per heavy atom. The molecule has 0 radical (unpaired) electrons. The average molecular weight is 255 g/mol. The van der Waals surface area contributed by atoms with Crippen molar-refractivity contribution in [2.24, 2.45) is 11.1 Å². The van der Waals surface area contributed by atoms with E-state index in [0.717, 1.165) is 25.0 Å². The molecule has 4 nitrogen and oxygen atoms in total. The smallest absolute Gasteiger partial charge is 0.227 e. The molecule has 0 saturated carbocycles. The first-order chi connectivity index (χ1) is 8.18. The lowest BCUT2D eigenvalue weighted by Gasteiger charge is -2.28. The number of carbonyl (C=O) groups excluding carboxylic acids is 1. The maximum atomic E-state index is 12.1. The number of aromatic nitrogens is 1. The number of nitrogens with one attached hydrogen (secondary N) is 1. The minimum absolute atomic E-state index is 0.0697. The van der Waals surface area contributed by atoms with Gasteiger partial charge in [-0.05, 0) is 12.8 Å². The molecule has 0 saturated heterocycles. The molecular formula is C12H21N3OS. The highest BCUT2D eigenvalue weighted by Crippen LogP contribution is 2.24. The van der Waals surface area contributed by atoms with Gasteiger partial charge in [-0.25, -0.2) is 4.98 Å². The van der Waals surface area contributed by atoms with Gasteiger partial charge in [0.05, 0.1) is 16.6 Å². The average Bonchev–Trinajstić information content (AvgIpc) is 2.85. The van der Waals surface area contributed by atoms with Crippen LogP contribution >= 0.6 is 11.3 Å². The van der Waals surface area contributed by atoms with Crippen molar-refractivity contribution in [3.8, 4) is 0 Å². The van der Waals surface area contributed by atoms with E-state index in [-0.39, 0.29) is 5.91 Å². The summed E-state index contributed by atoms with van der Waals surface area (Å²) in [5.74, 6) is 0.0697. The molecule has 17 heavy (non-hydrogen) atoms. The van der Waals surface area contributed by atoms with Crippen LogP contribution in [0, 0.1) is 5.41 Å². The molecule has 0 unspecified atom stereocenters. The molecular weight excluding hydrogens is 234 g/mol. The number of amides is 1. The largest absolute Gasteiger partial charge is 0.355 e. The minimum atomic E-state index is -0.401. The third-order valence-corrected chi connectivity index (χ3v) is 4.01. The molecule has 1 aromatic rings. The summed E-state index contributed by atoms with van der Waals surface area (Å²) in [6.45, 7) is 5.06. The quantitative estimate of drug-likeness (QED) is 0.777. The van der Waals surface area contributed by atoms with Crippen LogP contribution in [0.25, 0.3) is 0 Å². The molecule has 0 bridgehead atoms. The fourth-order valence-electron chi connectivity index (χ4n) is 1.81. The molecule has 0 aliphatic heterocycles. The van der Waals surface area contributed by atoms with E-state index in [0.29, 0.717) is 13.1 Å². The third-order valence-electron chi connectivity index (χ3n) is 3.38. The van der Waals surface area contributed by atoms with Gasteiger partial charge in [0, 0.05) is 24.9 Å². The number of hydrogen-bond acceptors (Lipinski definition) is 4. The molecule has 0 aliphatic rings. The summed E-state index contributed by atoms with van der Waals surface area (Å²) in [5.41, 5.74) is 8.16. The predicted molar refractivity (Wildman–Crippen MR) is 70.9 cm³/mol. The lowest BCUT2D eigenvalue weighted by Crippen LogP contribution is -2.45. The summed E-state index contributed by atoms with van der Waals surface area (Å²) >= 11 is 1.57. The van der Waals surface area contributed by atoms with Crippen molar-refractivity contribution in [1.29, 1.82) is 0 Å². The highest BCUT2D eigenvalue weighted by molar-refractivity contribution is 7.07. The molecule has 0 atom stereocenters. The van der Waals surface area contributed by atoms with Gasteiger partial charge in [-0.1, -0.05) is 13.8 Å². The second-order valence-corrected chi connectivity index (χ2v) is 4.90. The van der Waals surface area contributed by atoms with E-state index in [1.54, 1.807) is 16.8 Å². The first-order valence-corrected chi connectivity index (χ1v) is 6.98. The van der Waals surface area contributed by atoms with E-state index < -0.39 is 5.41 Å². The number of rotatable bonds is 7. The van der Waals surface area contributed by atoms with Crippen LogP contribution in [0.2, 0.25) is 0 Å². The number of nitrogens with two attached hydrogens (primary N) is 1. The first kappa shape index (κ1) is 14.1. The van der Waals surface area contributed by atoms with Crippen molar-refractivity contribution in [1.82, 2.24) is 10.3 Å². The van der Waals surface area contributed by atoms with E-state index >= 15 is 0 Å².